The number of carbonyl (C=O) groups excluding carboxylic acids is 1. The van der Waals surface area contributed by atoms with Crippen LogP contribution in [0.5, 0.6) is 0 Å². The number of pyridine rings is 1. The van der Waals surface area contributed by atoms with Crippen molar-refractivity contribution in [2.24, 2.45) is 0 Å². The second kappa shape index (κ2) is 4.29. The summed E-state index contributed by atoms with van der Waals surface area (Å²) in [6.45, 7) is 1.69. The number of aromatic nitrogens is 1. The average Bonchev–Trinajstić information content (AvgIpc) is 2.57. The minimum absolute atomic E-state index is 0.424. The van der Waals surface area contributed by atoms with Crippen molar-refractivity contribution in [3.05, 3.63) is 30.1 Å². The molecule has 0 spiro atoms. The highest BCUT2D eigenvalue weighted by Gasteiger charge is 2.46. The van der Waals surface area contributed by atoms with E-state index in [1.54, 1.807) is 36.0 Å². The smallest absolute Gasteiger partial charge is 0.291 e. The van der Waals surface area contributed by atoms with Gasteiger partial charge in [-0.05, 0) is 13.0 Å². The lowest BCUT2D eigenvalue weighted by Gasteiger charge is -2.09. The first-order valence-corrected chi connectivity index (χ1v) is 5.11. The van der Waals surface area contributed by atoms with E-state index in [0.717, 1.165) is 6.29 Å². The van der Waals surface area contributed by atoms with E-state index in [1.807, 2.05) is 0 Å². The van der Waals surface area contributed by atoms with Gasteiger partial charge in [0.25, 0.3) is 6.23 Å². The summed E-state index contributed by atoms with van der Waals surface area (Å²) < 4.78 is 7.00. The third kappa shape index (κ3) is 1.84. The number of rotatable bonds is 2. The Kier molecular flexibility index (Phi) is 3.00. The molecule has 5 heteroatoms. The molecule has 0 unspecified atom stereocenters. The second-order valence-electron chi connectivity index (χ2n) is 3.92. The van der Waals surface area contributed by atoms with Crippen LogP contribution in [-0.4, -0.2) is 34.8 Å². The van der Waals surface area contributed by atoms with Crippen LogP contribution in [0.25, 0.3) is 0 Å². The average molecular weight is 224 g/mol. The highest BCUT2D eigenvalue weighted by Crippen LogP contribution is 2.24. The Morgan fingerprint density at radius 3 is 2.75 bits per heavy atom. The highest BCUT2D eigenvalue weighted by atomic mass is 16.6. The maximum atomic E-state index is 10.6. The molecular weight excluding hydrogens is 210 g/mol. The van der Waals surface area contributed by atoms with Gasteiger partial charge in [0.1, 0.15) is 6.10 Å². The van der Waals surface area contributed by atoms with Crippen LogP contribution in [0.3, 0.4) is 0 Å². The number of aliphatic hydroxyl groups is 2. The first-order valence-electron chi connectivity index (χ1n) is 5.11. The van der Waals surface area contributed by atoms with Crippen molar-refractivity contribution in [3.8, 4) is 0 Å². The van der Waals surface area contributed by atoms with Crippen LogP contribution in [0, 0.1) is 0 Å². The Labute approximate surface area is 92.9 Å². The Morgan fingerprint density at radius 1 is 1.44 bits per heavy atom. The van der Waals surface area contributed by atoms with Crippen LogP contribution < -0.4 is 4.57 Å². The molecule has 2 rings (SSSR count). The fourth-order valence-electron chi connectivity index (χ4n) is 1.81. The summed E-state index contributed by atoms with van der Waals surface area (Å²) in [5.41, 5.74) is 0.493. The van der Waals surface area contributed by atoms with Gasteiger partial charge in [0.15, 0.2) is 24.8 Å². The monoisotopic (exact) mass is 224 g/mol. The summed E-state index contributed by atoms with van der Waals surface area (Å²) in [6, 6.07) is 3.35. The molecule has 1 fully saturated rings. The molecule has 1 aliphatic rings. The Hall–Kier alpha value is -1.30. The summed E-state index contributed by atoms with van der Waals surface area (Å²) in [7, 11) is 0. The van der Waals surface area contributed by atoms with E-state index < -0.39 is 24.5 Å². The molecule has 0 aromatic carbocycles. The van der Waals surface area contributed by atoms with Crippen LogP contribution >= 0.6 is 0 Å². The topological polar surface area (TPSA) is 70.6 Å². The lowest BCUT2D eigenvalue weighted by Crippen LogP contribution is -2.46. The SMILES string of the molecule is C[C@H]1O[C@@H]([n+]2cccc(C=O)c2)[C@H](O)[C@@H]1O. The number of aliphatic hydroxyl groups excluding tert-OH is 2. The molecule has 1 aliphatic heterocycles. The number of aldehydes is 1. The Balaban J connectivity index is 2.27. The lowest BCUT2D eigenvalue weighted by atomic mass is 10.1. The predicted octanol–water partition coefficient (Wildman–Crippen LogP) is -0.574. The van der Waals surface area contributed by atoms with Crippen molar-refractivity contribution >= 4 is 6.29 Å². The van der Waals surface area contributed by atoms with Crippen molar-refractivity contribution < 1.29 is 24.3 Å². The Morgan fingerprint density at radius 2 is 2.19 bits per heavy atom. The molecule has 0 saturated carbocycles. The zero-order chi connectivity index (χ0) is 11.7. The summed E-state index contributed by atoms with van der Waals surface area (Å²) in [6.07, 6.45) is 1.02. The zero-order valence-electron chi connectivity index (χ0n) is 8.85. The molecule has 2 heterocycles. The first-order chi connectivity index (χ1) is 7.63. The van der Waals surface area contributed by atoms with E-state index in [-0.39, 0.29) is 0 Å². The molecule has 0 bridgehead atoms. The summed E-state index contributed by atoms with van der Waals surface area (Å²) in [5.74, 6) is 0. The quantitative estimate of drug-likeness (QED) is 0.521. The number of hydrogen-bond donors (Lipinski definition) is 2. The third-order valence-electron chi connectivity index (χ3n) is 2.75. The number of carbonyl (C=O) groups is 1. The van der Waals surface area contributed by atoms with Crippen LogP contribution in [0.2, 0.25) is 0 Å². The van der Waals surface area contributed by atoms with Gasteiger partial charge in [0.2, 0.25) is 0 Å². The number of ether oxygens (including phenoxy) is 1. The molecule has 0 radical (unpaired) electrons. The molecule has 16 heavy (non-hydrogen) atoms. The van der Waals surface area contributed by atoms with Crippen molar-refractivity contribution in [1.82, 2.24) is 0 Å². The van der Waals surface area contributed by atoms with Gasteiger partial charge in [-0.3, -0.25) is 4.79 Å². The van der Waals surface area contributed by atoms with Crippen molar-refractivity contribution in [1.29, 1.82) is 0 Å². The van der Waals surface area contributed by atoms with Gasteiger partial charge in [-0.2, -0.15) is 4.57 Å². The molecule has 86 valence electrons. The van der Waals surface area contributed by atoms with Crippen LogP contribution in [-0.2, 0) is 4.74 Å². The van der Waals surface area contributed by atoms with E-state index in [2.05, 4.69) is 0 Å². The van der Waals surface area contributed by atoms with Crippen LogP contribution in [0.15, 0.2) is 24.5 Å². The molecule has 5 nitrogen and oxygen atoms in total. The van der Waals surface area contributed by atoms with E-state index >= 15 is 0 Å². The minimum Gasteiger partial charge on any atom is -0.387 e. The summed E-state index contributed by atoms with van der Waals surface area (Å²) in [5, 5.41) is 19.3. The van der Waals surface area contributed by atoms with E-state index in [4.69, 9.17) is 4.74 Å². The summed E-state index contributed by atoms with van der Waals surface area (Å²) >= 11 is 0. The molecule has 0 aliphatic carbocycles. The standard InChI is InChI=1S/C11H14NO4/c1-7-9(14)10(15)11(16-7)12-4-2-3-8(5-12)6-13/h2-7,9-11,14-15H,1H3/q+1/t7-,9-,10-,11-/m1/s1. The highest BCUT2D eigenvalue weighted by molar-refractivity contribution is 5.73. The number of hydrogen-bond acceptors (Lipinski definition) is 4. The van der Waals surface area contributed by atoms with Crippen molar-refractivity contribution in [2.45, 2.75) is 31.5 Å². The van der Waals surface area contributed by atoms with Gasteiger partial charge in [-0.25, -0.2) is 0 Å². The van der Waals surface area contributed by atoms with Crippen molar-refractivity contribution in [3.63, 3.8) is 0 Å². The first kappa shape index (κ1) is 11.2. The normalized spacial score (nSPS) is 33.9. The fraction of sp³-hybridized carbons (Fsp3) is 0.455. The maximum Gasteiger partial charge on any atom is 0.291 e. The largest absolute Gasteiger partial charge is 0.387 e. The maximum absolute atomic E-state index is 10.6. The summed E-state index contributed by atoms with van der Waals surface area (Å²) in [4.78, 5) is 10.6. The zero-order valence-corrected chi connectivity index (χ0v) is 8.85. The van der Waals surface area contributed by atoms with Crippen LogP contribution in [0.1, 0.15) is 23.5 Å². The molecule has 2 N–H and O–H groups in total. The van der Waals surface area contributed by atoms with Crippen molar-refractivity contribution in [2.75, 3.05) is 0 Å². The van der Waals surface area contributed by atoms with E-state index in [0.29, 0.717) is 5.56 Å². The van der Waals surface area contributed by atoms with Gasteiger partial charge in [-0.1, -0.05) is 0 Å². The van der Waals surface area contributed by atoms with Gasteiger partial charge in [0, 0.05) is 6.07 Å². The molecule has 1 aromatic heterocycles. The lowest BCUT2D eigenvalue weighted by molar-refractivity contribution is -0.765. The molecule has 1 saturated heterocycles. The second-order valence-corrected chi connectivity index (χ2v) is 3.92. The molecule has 4 atom stereocenters. The van der Waals surface area contributed by atoms with Gasteiger partial charge < -0.3 is 14.9 Å². The third-order valence-corrected chi connectivity index (χ3v) is 2.75. The fourth-order valence-corrected chi connectivity index (χ4v) is 1.81. The Bertz CT molecular complexity index is 395. The van der Waals surface area contributed by atoms with E-state index in [9.17, 15) is 15.0 Å². The predicted molar refractivity (Wildman–Crippen MR) is 53.6 cm³/mol. The van der Waals surface area contributed by atoms with E-state index in [1.165, 1.54) is 0 Å². The number of nitrogens with zero attached hydrogens (tertiary/aromatic N) is 1. The molecular formula is C11H14NO4+. The van der Waals surface area contributed by atoms with Gasteiger partial charge in [0.05, 0.1) is 11.7 Å². The van der Waals surface area contributed by atoms with Gasteiger partial charge in [-0.15, -0.1) is 0 Å². The van der Waals surface area contributed by atoms with Gasteiger partial charge >= 0.3 is 0 Å². The molecule has 0 amide bonds. The molecule has 1 aromatic rings. The minimum atomic E-state index is -0.984. The van der Waals surface area contributed by atoms with Crippen LogP contribution in [0.4, 0.5) is 0 Å².